The summed E-state index contributed by atoms with van der Waals surface area (Å²) in [6, 6.07) is 3.75. The number of carbonyl (C=O) groups is 1. The van der Waals surface area contributed by atoms with E-state index < -0.39 is 5.91 Å². The standard InChI is InChI=1S/C10H11N5O2/c1-6-3-2-4-12-7(6)5-13-10(16)8-9(11)15-17-14-8/h2-4H,5H2,1H3,(H2,11,15)(H,13,16). The zero-order chi connectivity index (χ0) is 12.3. The largest absolute Gasteiger partial charge is 0.379 e. The van der Waals surface area contributed by atoms with Crippen molar-refractivity contribution < 1.29 is 9.42 Å². The first kappa shape index (κ1) is 11.1. The van der Waals surface area contributed by atoms with Crippen molar-refractivity contribution in [3.63, 3.8) is 0 Å². The zero-order valence-corrected chi connectivity index (χ0v) is 9.17. The Morgan fingerprint density at radius 2 is 2.35 bits per heavy atom. The second-order valence-electron chi connectivity index (χ2n) is 3.45. The molecule has 0 radical (unpaired) electrons. The van der Waals surface area contributed by atoms with Crippen LogP contribution in [-0.4, -0.2) is 21.2 Å². The number of nitrogens with two attached hydrogens (primary N) is 1. The van der Waals surface area contributed by atoms with E-state index in [-0.39, 0.29) is 11.5 Å². The first-order chi connectivity index (χ1) is 8.18. The van der Waals surface area contributed by atoms with Gasteiger partial charge in [-0.05, 0) is 28.9 Å². The lowest BCUT2D eigenvalue weighted by atomic mass is 10.2. The molecule has 0 aliphatic carbocycles. The maximum Gasteiger partial charge on any atom is 0.277 e. The van der Waals surface area contributed by atoms with Gasteiger partial charge in [0, 0.05) is 6.20 Å². The molecular weight excluding hydrogens is 222 g/mol. The van der Waals surface area contributed by atoms with Gasteiger partial charge >= 0.3 is 0 Å². The minimum atomic E-state index is -0.436. The normalized spacial score (nSPS) is 10.2. The van der Waals surface area contributed by atoms with Crippen LogP contribution < -0.4 is 11.1 Å². The van der Waals surface area contributed by atoms with Gasteiger partial charge in [0.1, 0.15) is 0 Å². The topological polar surface area (TPSA) is 107 Å². The van der Waals surface area contributed by atoms with Gasteiger partial charge in [0.05, 0.1) is 12.2 Å². The van der Waals surface area contributed by atoms with Crippen LogP contribution in [0.5, 0.6) is 0 Å². The monoisotopic (exact) mass is 233 g/mol. The van der Waals surface area contributed by atoms with E-state index in [0.29, 0.717) is 6.54 Å². The van der Waals surface area contributed by atoms with Crippen LogP contribution >= 0.6 is 0 Å². The van der Waals surface area contributed by atoms with Crippen LogP contribution in [0, 0.1) is 6.92 Å². The number of nitrogens with one attached hydrogen (secondary N) is 1. The Hall–Kier alpha value is -2.44. The number of rotatable bonds is 3. The van der Waals surface area contributed by atoms with Crippen molar-refractivity contribution in [1.29, 1.82) is 0 Å². The molecule has 2 heterocycles. The number of hydrogen-bond acceptors (Lipinski definition) is 6. The fourth-order valence-corrected chi connectivity index (χ4v) is 1.30. The summed E-state index contributed by atoms with van der Waals surface area (Å²) in [6.07, 6.45) is 1.67. The van der Waals surface area contributed by atoms with Crippen molar-refractivity contribution in [3.05, 3.63) is 35.3 Å². The number of nitrogen functional groups attached to an aromatic ring is 1. The van der Waals surface area contributed by atoms with Gasteiger partial charge in [-0.2, -0.15) is 0 Å². The number of pyridine rings is 1. The van der Waals surface area contributed by atoms with Crippen molar-refractivity contribution in [1.82, 2.24) is 20.6 Å². The Morgan fingerprint density at radius 3 is 3.00 bits per heavy atom. The highest BCUT2D eigenvalue weighted by atomic mass is 16.6. The number of amides is 1. The molecule has 0 aromatic carbocycles. The summed E-state index contributed by atoms with van der Waals surface area (Å²) in [6.45, 7) is 2.22. The van der Waals surface area contributed by atoms with Gasteiger partial charge in [-0.15, -0.1) is 0 Å². The predicted octanol–water partition coefficient (Wildman–Crippen LogP) is 0.285. The molecule has 0 aliphatic heterocycles. The fourth-order valence-electron chi connectivity index (χ4n) is 1.30. The molecule has 1 amide bonds. The highest BCUT2D eigenvalue weighted by Crippen LogP contribution is 2.05. The van der Waals surface area contributed by atoms with Crippen LogP contribution in [0.4, 0.5) is 5.82 Å². The minimum Gasteiger partial charge on any atom is -0.379 e. The maximum atomic E-state index is 11.6. The quantitative estimate of drug-likeness (QED) is 0.788. The summed E-state index contributed by atoms with van der Waals surface area (Å²) < 4.78 is 4.34. The zero-order valence-electron chi connectivity index (χ0n) is 9.17. The third-order valence-electron chi connectivity index (χ3n) is 2.26. The first-order valence-corrected chi connectivity index (χ1v) is 4.95. The average Bonchev–Trinajstić information content (AvgIpc) is 2.74. The molecule has 7 heteroatoms. The summed E-state index contributed by atoms with van der Waals surface area (Å²) in [5.41, 5.74) is 7.17. The highest BCUT2D eigenvalue weighted by Gasteiger charge is 2.15. The lowest BCUT2D eigenvalue weighted by Crippen LogP contribution is -2.24. The second kappa shape index (κ2) is 4.60. The molecule has 2 aromatic rings. The van der Waals surface area contributed by atoms with Gasteiger partial charge in [-0.1, -0.05) is 6.07 Å². The molecule has 88 valence electrons. The minimum absolute atomic E-state index is 0.0152. The summed E-state index contributed by atoms with van der Waals surface area (Å²) in [5, 5.41) is 9.37. The molecule has 0 saturated carbocycles. The molecule has 0 unspecified atom stereocenters. The van der Waals surface area contributed by atoms with E-state index in [2.05, 4.69) is 25.2 Å². The molecule has 7 nitrogen and oxygen atoms in total. The molecule has 0 spiro atoms. The smallest absolute Gasteiger partial charge is 0.277 e. The molecule has 2 rings (SSSR count). The van der Waals surface area contributed by atoms with Crippen LogP contribution in [0.25, 0.3) is 0 Å². The third-order valence-corrected chi connectivity index (χ3v) is 2.26. The van der Waals surface area contributed by atoms with Gasteiger partial charge in [-0.25, -0.2) is 4.63 Å². The molecule has 3 N–H and O–H groups in total. The first-order valence-electron chi connectivity index (χ1n) is 4.95. The van der Waals surface area contributed by atoms with Gasteiger partial charge in [0.15, 0.2) is 0 Å². The molecule has 0 aliphatic rings. The Balaban J connectivity index is 2.02. The summed E-state index contributed by atoms with van der Waals surface area (Å²) >= 11 is 0. The van der Waals surface area contributed by atoms with E-state index in [1.165, 1.54) is 0 Å². The van der Waals surface area contributed by atoms with Crippen molar-refractivity contribution in [2.45, 2.75) is 13.5 Å². The van der Waals surface area contributed by atoms with Crippen molar-refractivity contribution in [2.24, 2.45) is 0 Å². The molecule has 0 bridgehead atoms. The number of aryl methyl sites for hydroxylation is 1. The van der Waals surface area contributed by atoms with Crippen LogP contribution in [0.3, 0.4) is 0 Å². The number of carbonyl (C=O) groups excluding carboxylic acids is 1. The lowest BCUT2D eigenvalue weighted by Gasteiger charge is -2.04. The van der Waals surface area contributed by atoms with Crippen LogP contribution in [0.1, 0.15) is 21.7 Å². The SMILES string of the molecule is Cc1cccnc1CNC(=O)c1nonc1N. The van der Waals surface area contributed by atoms with E-state index in [9.17, 15) is 4.79 Å². The summed E-state index contributed by atoms with van der Waals surface area (Å²) in [7, 11) is 0. The average molecular weight is 233 g/mol. The highest BCUT2D eigenvalue weighted by molar-refractivity contribution is 5.95. The van der Waals surface area contributed by atoms with Gasteiger partial charge in [0.2, 0.25) is 11.5 Å². The predicted molar refractivity (Wildman–Crippen MR) is 58.9 cm³/mol. The Labute approximate surface area is 97.0 Å². The van der Waals surface area contributed by atoms with Crippen molar-refractivity contribution >= 4 is 11.7 Å². The molecule has 2 aromatic heterocycles. The van der Waals surface area contributed by atoms with E-state index in [1.807, 2.05) is 19.1 Å². The van der Waals surface area contributed by atoms with E-state index in [4.69, 9.17) is 5.73 Å². The fraction of sp³-hybridized carbons (Fsp3) is 0.200. The Bertz CT molecular complexity index is 537. The lowest BCUT2D eigenvalue weighted by molar-refractivity contribution is 0.0941. The maximum absolute atomic E-state index is 11.6. The number of anilines is 1. The molecular formula is C10H11N5O2. The van der Waals surface area contributed by atoms with E-state index >= 15 is 0 Å². The second-order valence-corrected chi connectivity index (χ2v) is 3.45. The number of hydrogen-bond donors (Lipinski definition) is 2. The van der Waals surface area contributed by atoms with Crippen molar-refractivity contribution in [2.75, 3.05) is 5.73 Å². The molecule has 0 saturated heterocycles. The molecule has 0 fully saturated rings. The third kappa shape index (κ3) is 2.39. The molecule has 17 heavy (non-hydrogen) atoms. The van der Waals surface area contributed by atoms with Crippen LogP contribution in [-0.2, 0) is 6.54 Å². The van der Waals surface area contributed by atoms with Crippen molar-refractivity contribution in [3.8, 4) is 0 Å². The van der Waals surface area contributed by atoms with Gasteiger partial charge < -0.3 is 11.1 Å². The Morgan fingerprint density at radius 1 is 1.53 bits per heavy atom. The number of nitrogens with zero attached hydrogens (tertiary/aromatic N) is 3. The Kier molecular flexibility index (Phi) is 2.99. The van der Waals surface area contributed by atoms with E-state index in [1.54, 1.807) is 6.20 Å². The van der Waals surface area contributed by atoms with Gasteiger partial charge in [0.25, 0.3) is 5.91 Å². The van der Waals surface area contributed by atoms with Crippen LogP contribution in [0.15, 0.2) is 23.0 Å². The molecule has 0 atom stereocenters. The number of aromatic nitrogens is 3. The summed E-state index contributed by atoms with van der Waals surface area (Å²) in [5.74, 6) is -0.464. The van der Waals surface area contributed by atoms with E-state index in [0.717, 1.165) is 11.3 Å². The summed E-state index contributed by atoms with van der Waals surface area (Å²) in [4.78, 5) is 15.8. The van der Waals surface area contributed by atoms with Gasteiger partial charge in [-0.3, -0.25) is 9.78 Å². The van der Waals surface area contributed by atoms with Crippen LogP contribution in [0.2, 0.25) is 0 Å².